The quantitative estimate of drug-likeness (QED) is 0.936. The number of nitrogens with zero attached hydrogens (tertiary/aromatic N) is 2. The molecule has 0 radical (unpaired) electrons. The summed E-state index contributed by atoms with van der Waals surface area (Å²) in [5.41, 5.74) is 2.02. The number of hydrogen-bond donors (Lipinski definition) is 1. The maximum Gasteiger partial charge on any atom is 0.223 e. The molecule has 2 aromatic rings. The van der Waals surface area contributed by atoms with Gasteiger partial charge in [-0.25, -0.2) is 0 Å². The van der Waals surface area contributed by atoms with E-state index in [1.165, 1.54) is 0 Å². The van der Waals surface area contributed by atoms with Gasteiger partial charge in [-0.1, -0.05) is 23.7 Å². The van der Waals surface area contributed by atoms with Crippen molar-refractivity contribution in [1.29, 1.82) is 0 Å². The molecule has 1 saturated heterocycles. The summed E-state index contributed by atoms with van der Waals surface area (Å²) in [7, 11) is 0. The average molecular weight is 330 g/mol. The van der Waals surface area contributed by atoms with Gasteiger partial charge in [0, 0.05) is 35.9 Å². The molecule has 1 fully saturated rings. The number of carbonyl (C=O) groups is 1. The largest absolute Gasteiger partial charge is 0.371 e. The van der Waals surface area contributed by atoms with Crippen molar-refractivity contribution in [1.82, 2.24) is 10.3 Å². The third kappa shape index (κ3) is 4.23. The van der Waals surface area contributed by atoms with Gasteiger partial charge in [0.1, 0.15) is 0 Å². The van der Waals surface area contributed by atoms with Gasteiger partial charge < -0.3 is 10.2 Å². The monoisotopic (exact) mass is 329 g/mol. The Morgan fingerprint density at radius 1 is 1.22 bits per heavy atom. The molecule has 23 heavy (non-hydrogen) atoms. The second-order valence-corrected chi connectivity index (χ2v) is 6.22. The Kier molecular flexibility index (Phi) is 5.13. The minimum Gasteiger partial charge on any atom is -0.371 e. The molecule has 0 atom stereocenters. The van der Waals surface area contributed by atoms with E-state index >= 15 is 0 Å². The maximum atomic E-state index is 12.3. The maximum absolute atomic E-state index is 12.3. The standard InChI is InChI=1S/C18H20ClN3O/c19-15-4-3-6-17(12-15)22-10-7-14(8-11-22)18(23)21-13-16-5-1-2-9-20-16/h1-6,9,12,14H,7-8,10-11,13H2,(H,21,23). The minimum atomic E-state index is 0.0779. The molecule has 1 amide bonds. The molecule has 1 aromatic heterocycles. The Labute approximate surface area is 141 Å². The third-order valence-corrected chi connectivity index (χ3v) is 4.44. The smallest absolute Gasteiger partial charge is 0.223 e. The van der Waals surface area contributed by atoms with E-state index in [9.17, 15) is 4.79 Å². The molecule has 2 heterocycles. The number of nitrogens with one attached hydrogen (secondary N) is 1. The van der Waals surface area contributed by atoms with Crippen molar-refractivity contribution in [2.45, 2.75) is 19.4 Å². The van der Waals surface area contributed by atoms with Crippen LogP contribution in [0.25, 0.3) is 0 Å². The molecule has 0 bridgehead atoms. The zero-order valence-electron chi connectivity index (χ0n) is 12.9. The molecule has 1 aliphatic rings. The second kappa shape index (κ2) is 7.47. The van der Waals surface area contributed by atoms with E-state index in [1.54, 1.807) is 6.20 Å². The van der Waals surface area contributed by atoms with Gasteiger partial charge in [0.05, 0.1) is 12.2 Å². The van der Waals surface area contributed by atoms with Crippen molar-refractivity contribution >= 4 is 23.2 Å². The Bertz CT molecular complexity index is 654. The molecule has 4 nitrogen and oxygen atoms in total. The van der Waals surface area contributed by atoms with Crippen molar-refractivity contribution < 1.29 is 4.79 Å². The van der Waals surface area contributed by atoms with Crippen molar-refractivity contribution in [3.63, 3.8) is 0 Å². The third-order valence-electron chi connectivity index (χ3n) is 4.21. The van der Waals surface area contributed by atoms with Gasteiger partial charge in [-0.2, -0.15) is 0 Å². The summed E-state index contributed by atoms with van der Waals surface area (Å²) in [5, 5.41) is 3.74. The summed E-state index contributed by atoms with van der Waals surface area (Å²) < 4.78 is 0. The van der Waals surface area contributed by atoms with Gasteiger partial charge >= 0.3 is 0 Å². The Balaban J connectivity index is 1.49. The predicted molar refractivity (Wildman–Crippen MR) is 92.5 cm³/mol. The lowest BCUT2D eigenvalue weighted by Crippen LogP contribution is -2.40. The van der Waals surface area contributed by atoms with E-state index in [0.717, 1.165) is 42.3 Å². The van der Waals surface area contributed by atoms with Crippen molar-refractivity contribution in [3.05, 3.63) is 59.4 Å². The van der Waals surface area contributed by atoms with E-state index < -0.39 is 0 Å². The summed E-state index contributed by atoms with van der Waals surface area (Å²) in [6.07, 6.45) is 3.46. The molecule has 1 aromatic carbocycles. The highest BCUT2D eigenvalue weighted by Crippen LogP contribution is 2.25. The van der Waals surface area contributed by atoms with Crippen molar-refractivity contribution in [3.8, 4) is 0 Å². The topological polar surface area (TPSA) is 45.2 Å². The average Bonchev–Trinajstić information content (AvgIpc) is 2.61. The van der Waals surface area contributed by atoms with E-state index in [2.05, 4.69) is 21.3 Å². The van der Waals surface area contributed by atoms with E-state index in [-0.39, 0.29) is 11.8 Å². The number of pyridine rings is 1. The summed E-state index contributed by atoms with van der Waals surface area (Å²) >= 11 is 6.05. The number of anilines is 1. The van der Waals surface area contributed by atoms with Gasteiger partial charge in [-0.15, -0.1) is 0 Å². The van der Waals surface area contributed by atoms with Crippen molar-refractivity contribution in [2.75, 3.05) is 18.0 Å². The molecule has 0 saturated carbocycles. The fourth-order valence-corrected chi connectivity index (χ4v) is 3.08. The second-order valence-electron chi connectivity index (χ2n) is 5.78. The molecule has 3 rings (SSSR count). The summed E-state index contributed by atoms with van der Waals surface area (Å²) in [6.45, 7) is 2.25. The van der Waals surface area contributed by atoms with E-state index in [1.807, 2.05) is 36.4 Å². The van der Waals surface area contributed by atoms with Gasteiger partial charge in [-0.3, -0.25) is 9.78 Å². The van der Waals surface area contributed by atoms with Crippen LogP contribution in [-0.4, -0.2) is 24.0 Å². The van der Waals surface area contributed by atoms with Crippen LogP contribution in [0, 0.1) is 5.92 Å². The summed E-state index contributed by atoms with van der Waals surface area (Å²) in [5.74, 6) is 0.204. The summed E-state index contributed by atoms with van der Waals surface area (Å²) in [6, 6.07) is 13.6. The molecule has 0 unspecified atom stereocenters. The highest BCUT2D eigenvalue weighted by atomic mass is 35.5. The first-order valence-corrected chi connectivity index (χ1v) is 8.28. The lowest BCUT2D eigenvalue weighted by molar-refractivity contribution is -0.125. The van der Waals surface area contributed by atoms with Crippen LogP contribution in [0.4, 0.5) is 5.69 Å². The van der Waals surface area contributed by atoms with Gasteiger partial charge in [-0.05, 0) is 43.2 Å². The highest BCUT2D eigenvalue weighted by Gasteiger charge is 2.25. The Hall–Kier alpha value is -2.07. The number of carbonyl (C=O) groups excluding carboxylic acids is 1. The SMILES string of the molecule is O=C(NCc1ccccn1)C1CCN(c2cccc(Cl)c2)CC1. The molecular formula is C18H20ClN3O. The van der Waals surface area contributed by atoms with Crippen LogP contribution < -0.4 is 10.2 Å². The van der Waals surface area contributed by atoms with Crippen LogP contribution >= 0.6 is 11.6 Å². The Morgan fingerprint density at radius 2 is 2.04 bits per heavy atom. The zero-order valence-corrected chi connectivity index (χ0v) is 13.7. The molecule has 5 heteroatoms. The lowest BCUT2D eigenvalue weighted by Gasteiger charge is -2.33. The summed E-state index contributed by atoms with van der Waals surface area (Å²) in [4.78, 5) is 18.8. The van der Waals surface area contributed by atoms with Crippen LogP contribution in [0.5, 0.6) is 0 Å². The fraction of sp³-hybridized carbons (Fsp3) is 0.333. The van der Waals surface area contributed by atoms with Gasteiger partial charge in [0.15, 0.2) is 0 Å². The normalized spacial score (nSPS) is 15.4. The van der Waals surface area contributed by atoms with Crippen LogP contribution in [0.15, 0.2) is 48.7 Å². The van der Waals surface area contributed by atoms with Crippen LogP contribution in [0.1, 0.15) is 18.5 Å². The van der Waals surface area contributed by atoms with Crippen LogP contribution in [0.2, 0.25) is 5.02 Å². The lowest BCUT2D eigenvalue weighted by atomic mass is 9.95. The first-order valence-electron chi connectivity index (χ1n) is 7.90. The number of amides is 1. The number of piperidine rings is 1. The number of halogens is 1. The molecule has 1 aliphatic heterocycles. The molecule has 120 valence electrons. The first kappa shape index (κ1) is 15.8. The molecule has 0 spiro atoms. The molecule has 0 aliphatic carbocycles. The van der Waals surface area contributed by atoms with Crippen LogP contribution in [-0.2, 0) is 11.3 Å². The van der Waals surface area contributed by atoms with Crippen molar-refractivity contribution in [2.24, 2.45) is 5.92 Å². The number of aromatic nitrogens is 1. The Morgan fingerprint density at radius 3 is 2.74 bits per heavy atom. The predicted octanol–water partition coefficient (Wildman–Crippen LogP) is 3.27. The molecular weight excluding hydrogens is 310 g/mol. The van der Waals surface area contributed by atoms with Gasteiger partial charge in [0.25, 0.3) is 0 Å². The number of rotatable bonds is 4. The number of benzene rings is 1. The molecule has 1 N–H and O–H groups in total. The minimum absolute atomic E-state index is 0.0779. The van der Waals surface area contributed by atoms with Gasteiger partial charge in [0.2, 0.25) is 5.91 Å². The van der Waals surface area contributed by atoms with E-state index in [0.29, 0.717) is 6.54 Å². The van der Waals surface area contributed by atoms with Crippen LogP contribution in [0.3, 0.4) is 0 Å². The fourth-order valence-electron chi connectivity index (χ4n) is 2.90. The zero-order chi connectivity index (χ0) is 16.1. The highest BCUT2D eigenvalue weighted by molar-refractivity contribution is 6.30. The first-order chi connectivity index (χ1) is 11.2. The van der Waals surface area contributed by atoms with E-state index in [4.69, 9.17) is 11.6 Å². The number of hydrogen-bond acceptors (Lipinski definition) is 3.